The molecule has 0 bridgehead atoms. The molecule has 0 radical (unpaired) electrons. The molecule has 0 aromatic heterocycles. The number of hydrogen-bond donors (Lipinski definition) is 1. The summed E-state index contributed by atoms with van der Waals surface area (Å²) < 4.78 is 34.4. The van der Waals surface area contributed by atoms with Gasteiger partial charge in [-0.1, -0.05) is 66.9 Å². The highest BCUT2D eigenvalue weighted by molar-refractivity contribution is 7.92. The number of aryl methyl sites for hydroxylation is 2. The van der Waals surface area contributed by atoms with Gasteiger partial charge in [-0.05, 0) is 91.6 Å². The molecule has 0 aliphatic heterocycles. The smallest absolute Gasteiger partial charge is 0.264 e. The molecule has 1 amide bonds. The Morgan fingerprint density at radius 1 is 0.850 bits per heavy atom. The second kappa shape index (κ2) is 13.5. The summed E-state index contributed by atoms with van der Waals surface area (Å²) in [6.07, 6.45) is 3.29. The number of carbonyl (C=O) groups excluding carboxylic acids is 1. The van der Waals surface area contributed by atoms with Gasteiger partial charge < -0.3 is 10.1 Å². The minimum absolute atomic E-state index is 0.118. The van der Waals surface area contributed by atoms with E-state index in [4.69, 9.17) is 16.3 Å². The van der Waals surface area contributed by atoms with Crippen molar-refractivity contribution in [1.29, 1.82) is 0 Å². The molecule has 0 unspecified atom stereocenters. The predicted octanol–water partition coefficient (Wildman–Crippen LogP) is 7.40. The number of unbranched alkanes of at least 4 members (excludes halogenated alkanes) is 1. The number of halogens is 1. The Kier molecular flexibility index (Phi) is 9.85. The predicted molar refractivity (Wildman–Crippen MR) is 162 cm³/mol. The van der Waals surface area contributed by atoms with Gasteiger partial charge in [0.15, 0.2) is 6.61 Å². The first-order valence-corrected chi connectivity index (χ1v) is 15.0. The van der Waals surface area contributed by atoms with Crippen molar-refractivity contribution in [2.45, 2.75) is 44.6 Å². The van der Waals surface area contributed by atoms with Gasteiger partial charge in [0, 0.05) is 10.7 Å². The van der Waals surface area contributed by atoms with Crippen molar-refractivity contribution < 1.29 is 17.9 Å². The van der Waals surface area contributed by atoms with Gasteiger partial charge in [0.1, 0.15) is 5.75 Å². The Labute approximate surface area is 241 Å². The molecule has 6 nitrogen and oxygen atoms in total. The Morgan fingerprint density at radius 2 is 1.48 bits per heavy atom. The summed E-state index contributed by atoms with van der Waals surface area (Å²) in [4.78, 5) is 12.6. The maximum atomic E-state index is 13.7. The maximum Gasteiger partial charge on any atom is 0.264 e. The third kappa shape index (κ3) is 7.87. The van der Waals surface area contributed by atoms with Crippen LogP contribution in [0.15, 0.2) is 102 Å². The zero-order chi connectivity index (χ0) is 28.5. The van der Waals surface area contributed by atoms with Crippen LogP contribution in [0.1, 0.15) is 36.5 Å². The standard InChI is InChI=1S/C32H33ClN2O4S/c1-3-4-5-25-10-14-28(15-11-25)34-32(36)23-39-30-18-16-29(17-19-30)35(22-26-8-12-27(33)13-9-26)40(37,38)31-20-6-24(2)7-21-31/h6-21H,3-5,22-23H2,1-2H3,(H,34,36). The lowest BCUT2D eigenvalue weighted by Crippen LogP contribution is -2.30. The summed E-state index contributed by atoms with van der Waals surface area (Å²) in [6, 6.07) is 28.3. The molecular formula is C32H33ClN2O4S. The van der Waals surface area contributed by atoms with E-state index in [1.54, 1.807) is 72.8 Å². The average Bonchev–Trinajstić information content (AvgIpc) is 2.96. The van der Waals surface area contributed by atoms with Crippen molar-refractivity contribution >= 4 is 38.9 Å². The number of amides is 1. The first-order valence-electron chi connectivity index (χ1n) is 13.2. The molecule has 0 spiro atoms. The average molecular weight is 577 g/mol. The van der Waals surface area contributed by atoms with Crippen molar-refractivity contribution in [3.8, 4) is 5.75 Å². The number of anilines is 2. The molecule has 0 saturated heterocycles. The monoisotopic (exact) mass is 576 g/mol. The van der Waals surface area contributed by atoms with Gasteiger partial charge in [0.05, 0.1) is 17.1 Å². The van der Waals surface area contributed by atoms with E-state index in [0.29, 0.717) is 22.1 Å². The molecule has 0 heterocycles. The molecule has 208 valence electrons. The summed E-state index contributed by atoms with van der Waals surface area (Å²) in [6.45, 7) is 4.01. The molecule has 0 aliphatic rings. The van der Waals surface area contributed by atoms with Crippen LogP contribution < -0.4 is 14.4 Å². The number of rotatable bonds is 12. The van der Waals surface area contributed by atoms with Crippen LogP contribution in [0, 0.1) is 6.92 Å². The van der Waals surface area contributed by atoms with Crippen molar-refractivity contribution in [2.75, 3.05) is 16.2 Å². The lowest BCUT2D eigenvalue weighted by atomic mass is 10.1. The van der Waals surface area contributed by atoms with Crippen molar-refractivity contribution in [3.63, 3.8) is 0 Å². The van der Waals surface area contributed by atoms with Crippen molar-refractivity contribution in [2.24, 2.45) is 0 Å². The van der Waals surface area contributed by atoms with E-state index in [9.17, 15) is 13.2 Å². The molecule has 0 saturated carbocycles. The second-order valence-corrected chi connectivity index (χ2v) is 11.9. The summed E-state index contributed by atoms with van der Waals surface area (Å²) in [7, 11) is -3.87. The van der Waals surface area contributed by atoms with Gasteiger partial charge in [-0.25, -0.2) is 8.42 Å². The summed E-state index contributed by atoms with van der Waals surface area (Å²) in [5, 5.41) is 3.41. The highest BCUT2D eigenvalue weighted by Crippen LogP contribution is 2.28. The van der Waals surface area contributed by atoms with Crippen LogP contribution in [0.4, 0.5) is 11.4 Å². The van der Waals surface area contributed by atoms with Crippen molar-refractivity contribution in [3.05, 3.63) is 119 Å². The molecule has 1 N–H and O–H groups in total. The quantitative estimate of drug-likeness (QED) is 0.191. The molecule has 4 aromatic carbocycles. The van der Waals surface area contributed by atoms with Crippen LogP contribution in [-0.4, -0.2) is 20.9 Å². The lowest BCUT2D eigenvalue weighted by Gasteiger charge is -2.25. The third-order valence-electron chi connectivity index (χ3n) is 6.40. The summed E-state index contributed by atoms with van der Waals surface area (Å²) in [5.74, 6) is 0.171. The number of sulfonamides is 1. The Hall–Kier alpha value is -3.81. The fourth-order valence-electron chi connectivity index (χ4n) is 4.10. The summed E-state index contributed by atoms with van der Waals surface area (Å²) >= 11 is 6.03. The molecule has 8 heteroatoms. The first kappa shape index (κ1) is 29.2. The number of benzene rings is 4. The third-order valence-corrected chi connectivity index (χ3v) is 8.44. The number of hydrogen-bond acceptors (Lipinski definition) is 4. The van der Waals surface area contributed by atoms with Crippen LogP contribution in [-0.2, 0) is 27.8 Å². The van der Waals surface area contributed by atoms with Crippen LogP contribution >= 0.6 is 11.6 Å². The van der Waals surface area contributed by atoms with Crippen LogP contribution in [0.2, 0.25) is 5.02 Å². The fourth-order valence-corrected chi connectivity index (χ4v) is 5.68. The van der Waals surface area contributed by atoms with E-state index < -0.39 is 10.0 Å². The zero-order valence-electron chi connectivity index (χ0n) is 22.6. The van der Waals surface area contributed by atoms with Crippen LogP contribution in [0.25, 0.3) is 0 Å². The van der Waals surface area contributed by atoms with Gasteiger partial charge in [0.25, 0.3) is 15.9 Å². The molecule has 4 rings (SSSR count). The van der Waals surface area contributed by atoms with Gasteiger partial charge in [-0.2, -0.15) is 0 Å². The largest absolute Gasteiger partial charge is 0.484 e. The minimum Gasteiger partial charge on any atom is -0.484 e. The van der Waals surface area contributed by atoms with E-state index in [-0.39, 0.29) is 24.0 Å². The fraction of sp³-hybridized carbons (Fsp3) is 0.219. The van der Waals surface area contributed by atoms with Crippen LogP contribution in [0.5, 0.6) is 5.75 Å². The van der Waals surface area contributed by atoms with Gasteiger partial charge in [-0.15, -0.1) is 0 Å². The molecule has 0 fully saturated rings. The van der Waals surface area contributed by atoms with E-state index in [2.05, 4.69) is 12.2 Å². The summed E-state index contributed by atoms with van der Waals surface area (Å²) in [5.41, 5.74) is 4.18. The molecule has 40 heavy (non-hydrogen) atoms. The highest BCUT2D eigenvalue weighted by atomic mass is 35.5. The topological polar surface area (TPSA) is 75.7 Å². The number of ether oxygens (including phenoxy) is 1. The molecule has 0 atom stereocenters. The Bertz CT molecular complexity index is 1500. The Balaban J connectivity index is 1.45. The molecular weight excluding hydrogens is 544 g/mol. The van der Waals surface area contributed by atoms with E-state index in [1.807, 2.05) is 31.2 Å². The van der Waals surface area contributed by atoms with Gasteiger partial charge in [0.2, 0.25) is 0 Å². The minimum atomic E-state index is -3.87. The van der Waals surface area contributed by atoms with E-state index in [1.165, 1.54) is 9.87 Å². The maximum absolute atomic E-state index is 13.7. The normalized spacial score (nSPS) is 11.2. The number of carbonyl (C=O) groups is 1. The molecule has 4 aromatic rings. The van der Waals surface area contributed by atoms with E-state index >= 15 is 0 Å². The van der Waals surface area contributed by atoms with E-state index in [0.717, 1.165) is 30.4 Å². The zero-order valence-corrected chi connectivity index (χ0v) is 24.2. The number of nitrogens with one attached hydrogen (secondary N) is 1. The highest BCUT2D eigenvalue weighted by Gasteiger charge is 2.25. The number of nitrogens with zero attached hydrogens (tertiary/aromatic N) is 1. The van der Waals surface area contributed by atoms with Gasteiger partial charge in [-0.3, -0.25) is 9.10 Å². The SMILES string of the molecule is CCCCc1ccc(NC(=O)COc2ccc(N(Cc3ccc(Cl)cc3)S(=O)(=O)c3ccc(C)cc3)cc2)cc1. The Morgan fingerprint density at radius 3 is 2.10 bits per heavy atom. The van der Waals surface area contributed by atoms with Crippen molar-refractivity contribution in [1.82, 2.24) is 0 Å². The lowest BCUT2D eigenvalue weighted by molar-refractivity contribution is -0.118. The van der Waals surface area contributed by atoms with Crippen LogP contribution in [0.3, 0.4) is 0 Å². The molecule has 0 aliphatic carbocycles. The van der Waals surface area contributed by atoms with Gasteiger partial charge >= 0.3 is 0 Å². The second-order valence-electron chi connectivity index (χ2n) is 9.58. The first-order chi connectivity index (χ1) is 19.2.